The molecular formula is C15H23N3O3. The fourth-order valence-corrected chi connectivity index (χ4v) is 2.65. The molecule has 2 rings (SSSR count). The van der Waals surface area contributed by atoms with Gasteiger partial charge in [0, 0.05) is 38.5 Å². The Labute approximate surface area is 124 Å². The molecule has 3 amide bonds. The number of carbonyl (C=O) groups excluding carboxylic acids is 2. The van der Waals surface area contributed by atoms with Gasteiger partial charge in [0.05, 0.1) is 6.26 Å². The summed E-state index contributed by atoms with van der Waals surface area (Å²) in [6, 6.07) is 3.72. The third kappa shape index (κ3) is 4.81. The van der Waals surface area contributed by atoms with Crippen molar-refractivity contribution < 1.29 is 14.0 Å². The third-order valence-electron chi connectivity index (χ3n) is 3.57. The molecule has 1 aliphatic heterocycles. The van der Waals surface area contributed by atoms with E-state index in [1.807, 2.05) is 19.1 Å². The number of nitrogens with zero attached hydrogens (tertiary/aromatic N) is 1. The lowest BCUT2D eigenvalue weighted by Crippen LogP contribution is -2.53. The summed E-state index contributed by atoms with van der Waals surface area (Å²) in [4.78, 5) is 25.1. The first-order valence-corrected chi connectivity index (χ1v) is 7.39. The van der Waals surface area contributed by atoms with Crippen LogP contribution in [-0.4, -0.2) is 42.0 Å². The van der Waals surface area contributed by atoms with Gasteiger partial charge in [0.25, 0.3) is 0 Å². The Kier molecular flexibility index (Phi) is 5.25. The van der Waals surface area contributed by atoms with E-state index in [2.05, 4.69) is 10.6 Å². The number of carbonyl (C=O) groups is 2. The maximum Gasteiger partial charge on any atom is 0.317 e. The monoisotopic (exact) mass is 293 g/mol. The zero-order chi connectivity index (χ0) is 15.2. The smallest absolute Gasteiger partial charge is 0.317 e. The summed E-state index contributed by atoms with van der Waals surface area (Å²) < 4.78 is 5.28. The number of hydrogen-bond acceptors (Lipinski definition) is 3. The van der Waals surface area contributed by atoms with Gasteiger partial charge < -0.3 is 20.0 Å². The summed E-state index contributed by atoms with van der Waals surface area (Å²) in [5.74, 6) is 0.811. The third-order valence-corrected chi connectivity index (χ3v) is 3.57. The zero-order valence-corrected chi connectivity index (χ0v) is 12.6. The number of nitrogens with one attached hydrogen (secondary N) is 2. The highest BCUT2D eigenvalue weighted by Gasteiger charge is 2.24. The van der Waals surface area contributed by atoms with E-state index in [9.17, 15) is 9.59 Å². The second-order valence-corrected chi connectivity index (χ2v) is 5.62. The van der Waals surface area contributed by atoms with E-state index in [1.54, 1.807) is 11.2 Å². The molecule has 0 spiro atoms. The van der Waals surface area contributed by atoms with Crippen molar-refractivity contribution in [3.63, 3.8) is 0 Å². The predicted molar refractivity (Wildman–Crippen MR) is 78.8 cm³/mol. The Morgan fingerprint density at radius 3 is 3.00 bits per heavy atom. The molecule has 6 nitrogen and oxygen atoms in total. The first-order valence-electron chi connectivity index (χ1n) is 7.39. The first kappa shape index (κ1) is 15.4. The average molecular weight is 293 g/mol. The van der Waals surface area contributed by atoms with Crippen LogP contribution in [0.3, 0.4) is 0 Å². The summed E-state index contributed by atoms with van der Waals surface area (Å²) in [7, 11) is 0. The largest absolute Gasteiger partial charge is 0.469 e. The Hall–Kier alpha value is -1.98. The summed E-state index contributed by atoms with van der Waals surface area (Å²) in [6.45, 7) is 4.76. The summed E-state index contributed by atoms with van der Waals surface area (Å²) in [5.41, 5.74) is 0. The molecule has 0 aliphatic carbocycles. The van der Waals surface area contributed by atoms with Crippen LogP contribution in [0.15, 0.2) is 22.8 Å². The highest BCUT2D eigenvalue weighted by molar-refractivity contribution is 5.75. The van der Waals surface area contributed by atoms with E-state index in [4.69, 9.17) is 4.42 Å². The van der Waals surface area contributed by atoms with E-state index in [1.165, 1.54) is 6.92 Å². The Morgan fingerprint density at radius 2 is 2.33 bits per heavy atom. The van der Waals surface area contributed by atoms with Crippen LogP contribution in [-0.2, 0) is 11.2 Å². The summed E-state index contributed by atoms with van der Waals surface area (Å²) in [6.07, 6.45) is 4.13. The molecule has 0 bridgehead atoms. The summed E-state index contributed by atoms with van der Waals surface area (Å²) in [5, 5.41) is 5.86. The van der Waals surface area contributed by atoms with E-state index < -0.39 is 0 Å². The fourth-order valence-electron chi connectivity index (χ4n) is 2.65. The molecule has 1 saturated heterocycles. The topological polar surface area (TPSA) is 74.6 Å². The molecule has 0 radical (unpaired) electrons. The van der Waals surface area contributed by atoms with Gasteiger partial charge in [-0.05, 0) is 31.9 Å². The average Bonchev–Trinajstić information content (AvgIpc) is 2.90. The van der Waals surface area contributed by atoms with Crippen molar-refractivity contribution in [1.82, 2.24) is 15.5 Å². The van der Waals surface area contributed by atoms with Gasteiger partial charge in [-0.15, -0.1) is 0 Å². The number of hydrogen-bond donors (Lipinski definition) is 2. The van der Waals surface area contributed by atoms with Crippen LogP contribution in [0.5, 0.6) is 0 Å². The second kappa shape index (κ2) is 7.15. The molecule has 6 heteroatoms. The minimum Gasteiger partial charge on any atom is -0.469 e. The second-order valence-electron chi connectivity index (χ2n) is 5.62. The van der Waals surface area contributed by atoms with Crippen LogP contribution in [0.1, 0.15) is 32.4 Å². The van der Waals surface area contributed by atoms with Crippen LogP contribution >= 0.6 is 0 Å². The standard InChI is InChI=1S/C15H23N3O3/c1-11(9-14-6-4-8-21-14)16-15(20)18-7-3-5-13(10-18)17-12(2)19/h4,6,8,11,13H,3,5,7,9-10H2,1-2H3,(H,16,20)(H,17,19)/t11-,13+/m0/s1. The van der Waals surface area contributed by atoms with Crippen LogP contribution in [0, 0.1) is 0 Å². The van der Waals surface area contributed by atoms with Gasteiger partial charge in [-0.1, -0.05) is 0 Å². The molecule has 0 unspecified atom stereocenters. The Morgan fingerprint density at radius 1 is 1.52 bits per heavy atom. The van der Waals surface area contributed by atoms with Crippen molar-refractivity contribution >= 4 is 11.9 Å². The lowest BCUT2D eigenvalue weighted by atomic mass is 10.1. The molecule has 1 fully saturated rings. The van der Waals surface area contributed by atoms with Gasteiger partial charge >= 0.3 is 6.03 Å². The van der Waals surface area contributed by atoms with Crippen molar-refractivity contribution in [3.8, 4) is 0 Å². The normalized spacial score (nSPS) is 19.9. The van der Waals surface area contributed by atoms with Crippen LogP contribution in [0.4, 0.5) is 4.79 Å². The molecule has 0 aromatic carbocycles. The number of urea groups is 1. The molecule has 2 atom stereocenters. The van der Waals surface area contributed by atoms with E-state index >= 15 is 0 Å². The molecule has 0 saturated carbocycles. The Bertz CT molecular complexity index is 473. The zero-order valence-electron chi connectivity index (χ0n) is 12.6. The number of furan rings is 1. The molecule has 1 aromatic heterocycles. The lowest BCUT2D eigenvalue weighted by molar-refractivity contribution is -0.119. The molecule has 2 heterocycles. The number of rotatable bonds is 4. The van der Waals surface area contributed by atoms with Gasteiger partial charge in [0.15, 0.2) is 0 Å². The SMILES string of the molecule is CC(=O)N[C@@H]1CCCN(C(=O)N[C@@H](C)Cc2ccco2)C1. The molecule has 21 heavy (non-hydrogen) atoms. The van der Waals surface area contributed by atoms with Crippen LogP contribution in [0.2, 0.25) is 0 Å². The number of piperidine rings is 1. The van der Waals surface area contributed by atoms with E-state index in [-0.39, 0.29) is 24.0 Å². The van der Waals surface area contributed by atoms with E-state index in [0.29, 0.717) is 13.0 Å². The summed E-state index contributed by atoms with van der Waals surface area (Å²) >= 11 is 0. The maximum absolute atomic E-state index is 12.2. The first-order chi connectivity index (χ1) is 10.0. The van der Waals surface area contributed by atoms with Gasteiger partial charge in [-0.25, -0.2) is 4.79 Å². The number of likely N-dealkylation sites (tertiary alicyclic amines) is 1. The van der Waals surface area contributed by atoms with Crippen molar-refractivity contribution in [1.29, 1.82) is 0 Å². The molecule has 116 valence electrons. The van der Waals surface area contributed by atoms with Gasteiger partial charge in [-0.2, -0.15) is 0 Å². The fraction of sp³-hybridized carbons (Fsp3) is 0.600. The van der Waals surface area contributed by atoms with Crippen LogP contribution in [0.25, 0.3) is 0 Å². The Balaban J connectivity index is 1.80. The van der Waals surface area contributed by atoms with Crippen molar-refractivity contribution in [2.24, 2.45) is 0 Å². The molecular weight excluding hydrogens is 270 g/mol. The highest BCUT2D eigenvalue weighted by atomic mass is 16.3. The minimum atomic E-state index is -0.0795. The number of amides is 3. The molecule has 2 N–H and O–H groups in total. The van der Waals surface area contributed by atoms with Gasteiger partial charge in [0.1, 0.15) is 5.76 Å². The van der Waals surface area contributed by atoms with Gasteiger partial charge in [-0.3, -0.25) is 4.79 Å². The maximum atomic E-state index is 12.2. The molecule has 1 aliphatic rings. The van der Waals surface area contributed by atoms with Gasteiger partial charge in [0.2, 0.25) is 5.91 Å². The highest BCUT2D eigenvalue weighted by Crippen LogP contribution is 2.11. The van der Waals surface area contributed by atoms with Crippen LogP contribution < -0.4 is 10.6 Å². The quantitative estimate of drug-likeness (QED) is 0.884. The predicted octanol–water partition coefficient (Wildman–Crippen LogP) is 1.52. The minimum absolute atomic E-state index is 0.00444. The van der Waals surface area contributed by atoms with Crippen molar-refractivity contribution in [2.75, 3.05) is 13.1 Å². The van der Waals surface area contributed by atoms with Crippen molar-refractivity contribution in [2.45, 2.75) is 45.2 Å². The van der Waals surface area contributed by atoms with E-state index in [0.717, 1.165) is 25.1 Å². The lowest BCUT2D eigenvalue weighted by Gasteiger charge is -2.33. The molecule has 1 aromatic rings. The van der Waals surface area contributed by atoms with Crippen molar-refractivity contribution in [3.05, 3.63) is 24.2 Å².